The Morgan fingerprint density at radius 3 is 2.13 bits per heavy atom. The van der Waals surface area contributed by atoms with Gasteiger partial charge >= 0.3 is 17.9 Å². The highest BCUT2D eigenvalue weighted by Crippen LogP contribution is 2.16. The molecule has 0 spiro atoms. The van der Waals surface area contributed by atoms with Crippen molar-refractivity contribution in [1.29, 1.82) is 0 Å². The summed E-state index contributed by atoms with van der Waals surface area (Å²) >= 11 is 0. The summed E-state index contributed by atoms with van der Waals surface area (Å²) in [6, 6.07) is 14.9. The molecule has 38 heavy (non-hydrogen) atoms. The van der Waals surface area contributed by atoms with E-state index in [0.717, 1.165) is 0 Å². The fourth-order valence-corrected chi connectivity index (χ4v) is 3.02. The van der Waals surface area contributed by atoms with Crippen LogP contribution in [0.3, 0.4) is 0 Å². The number of ketones is 1. The van der Waals surface area contributed by atoms with Gasteiger partial charge in [-0.1, -0.05) is 13.8 Å². The van der Waals surface area contributed by atoms with Gasteiger partial charge < -0.3 is 23.9 Å². The molecule has 1 aromatic heterocycles. The average molecular weight is 522 g/mol. The van der Waals surface area contributed by atoms with E-state index in [-0.39, 0.29) is 35.8 Å². The second-order valence-electron chi connectivity index (χ2n) is 8.59. The molecule has 1 N–H and O–H groups in total. The maximum absolute atomic E-state index is 12.3. The number of ether oxygens (including phenoxy) is 3. The molecule has 1 heterocycles. The molecule has 0 aliphatic heterocycles. The minimum atomic E-state index is -0.708. The number of hydrogen-bond acceptors (Lipinski definition) is 9. The molecule has 1 amide bonds. The second kappa shape index (κ2) is 13.5. The van der Waals surface area contributed by atoms with Crippen molar-refractivity contribution in [1.82, 2.24) is 0 Å². The molecule has 0 atom stereocenters. The highest BCUT2D eigenvalue weighted by molar-refractivity contribution is 5.98. The first-order valence-corrected chi connectivity index (χ1v) is 11.8. The van der Waals surface area contributed by atoms with Gasteiger partial charge in [0.15, 0.2) is 12.4 Å². The molecule has 0 bridgehead atoms. The lowest BCUT2D eigenvalue weighted by Crippen LogP contribution is -2.17. The van der Waals surface area contributed by atoms with E-state index in [4.69, 9.17) is 18.6 Å². The Kier molecular flexibility index (Phi) is 9.93. The van der Waals surface area contributed by atoms with E-state index in [9.17, 15) is 24.0 Å². The maximum atomic E-state index is 12.3. The third-order valence-electron chi connectivity index (χ3n) is 4.98. The van der Waals surface area contributed by atoms with Crippen molar-refractivity contribution in [3.63, 3.8) is 0 Å². The Hall–Kier alpha value is -4.73. The number of furan rings is 1. The van der Waals surface area contributed by atoms with Crippen molar-refractivity contribution in [2.24, 2.45) is 5.92 Å². The largest absolute Gasteiger partial charge is 0.462 e. The number of rotatable bonds is 12. The lowest BCUT2D eigenvalue weighted by Gasteiger charge is -2.09. The van der Waals surface area contributed by atoms with Crippen LogP contribution < -0.4 is 10.1 Å². The van der Waals surface area contributed by atoms with E-state index >= 15 is 0 Å². The lowest BCUT2D eigenvalue weighted by molar-refractivity contribution is -0.143. The van der Waals surface area contributed by atoms with Crippen LogP contribution in [0.5, 0.6) is 5.75 Å². The first-order valence-electron chi connectivity index (χ1n) is 11.8. The van der Waals surface area contributed by atoms with Gasteiger partial charge in [-0.3, -0.25) is 14.4 Å². The van der Waals surface area contributed by atoms with Crippen LogP contribution in [0, 0.1) is 5.92 Å². The normalized spacial score (nSPS) is 10.5. The molecular formula is C28H27NO9. The number of nitrogens with one attached hydrogen (secondary N) is 1. The SMILES string of the molecule is CC(C)COC(=O)c1ccc(NC(=O)CCC(=O)OCC(=O)c2ccc(OC(=O)c3ccco3)cc2)cc1. The van der Waals surface area contributed by atoms with Crippen molar-refractivity contribution in [2.75, 3.05) is 18.5 Å². The molecule has 198 valence electrons. The van der Waals surface area contributed by atoms with Crippen molar-refractivity contribution < 1.29 is 42.6 Å². The van der Waals surface area contributed by atoms with E-state index in [2.05, 4.69) is 5.32 Å². The zero-order chi connectivity index (χ0) is 27.5. The predicted molar refractivity (Wildman–Crippen MR) is 135 cm³/mol. The maximum Gasteiger partial charge on any atom is 0.379 e. The van der Waals surface area contributed by atoms with Gasteiger partial charge in [0.25, 0.3) is 0 Å². The Labute approximate surface area is 218 Å². The molecule has 0 fully saturated rings. The van der Waals surface area contributed by atoms with Gasteiger partial charge in [-0.25, -0.2) is 9.59 Å². The molecule has 2 aromatic carbocycles. The van der Waals surface area contributed by atoms with Gasteiger partial charge in [0.2, 0.25) is 11.7 Å². The average Bonchev–Trinajstić information content (AvgIpc) is 3.45. The fourth-order valence-electron chi connectivity index (χ4n) is 3.02. The van der Waals surface area contributed by atoms with Crippen LogP contribution in [-0.4, -0.2) is 42.8 Å². The van der Waals surface area contributed by atoms with Crippen molar-refractivity contribution in [2.45, 2.75) is 26.7 Å². The summed E-state index contributed by atoms with van der Waals surface area (Å²) in [5, 5.41) is 2.62. The molecule has 0 aliphatic carbocycles. The highest BCUT2D eigenvalue weighted by Gasteiger charge is 2.15. The smallest absolute Gasteiger partial charge is 0.379 e. The second-order valence-corrected chi connectivity index (χ2v) is 8.59. The van der Waals surface area contributed by atoms with Gasteiger partial charge in [0.05, 0.1) is 24.9 Å². The molecule has 0 saturated heterocycles. The van der Waals surface area contributed by atoms with E-state index in [1.54, 1.807) is 18.2 Å². The Morgan fingerprint density at radius 2 is 1.50 bits per heavy atom. The summed E-state index contributed by atoms with van der Waals surface area (Å²) in [4.78, 5) is 60.2. The van der Waals surface area contributed by atoms with Crippen LogP contribution in [0.4, 0.5) is 5.69 Å². The molecule has 10 nitrogen and oxygen atoms in total. The first kappa shape index (κ1) is 27.9. The van der Waals surface area contributed by atoms with Crippen LogP contribution in [0.2, 0.25) is 0 Å². The van der Waals surface area contributed by atoms with Gasteiger partial charge in [-0.05, 0) is 66.6 Å². The first-order chi connectivity index (χ1) is 18.2. The van der Waals surface area contributed by atoms with Crippen molar-refractivity contribution in [3.05, 3.63) is 83.8 Å². The number of carbonyl (C=O) groups is 5. The number of amides is 1. The van der Waals surface area contributed by atoms with Crippen molar-refractivity contribution >= 4 is 35.3 Å². The predicted octanol–water partition coefficient (Wildman–Crippen LogP) is 4.46. The van der Waals surface area contributed by atoms with Gasteiger partial charge in [0, 0.05) is 17.7 Å². The van der Waals surface area contributed by atoms with E-state index in [0.29, 0.717) is 17.9 Å². The quantitative estimate of drug-likeness (QED) is 0.208. The monoisotopic (exact) mass is 521 g/mol. The van der Waals surface area contributed by atoms with Crippen LogP contribution in [0.1, 0.15) is 58.0 Å². The van der Waals surface area contributed by atoms with Crippen molar-refractivity contribution in [3.8, 4) is 5.75 Å². The third-order valence-corrected chi connectivity index (χ3v) is 4.98. The van der Waals surface area contributed by atoms with Crippen LogP contribution in [0.15, 0.2) is 71.3 Å². The molecule has 3 aromatic rings. The molecule has 0 radical (unpaired) electrons. The van der Waals surface area contributed by atoms with Crippen LogP contribution >= 0.6 is 0 Å². The highest BCUT2D eigenvalue weighted by atomic mass is 16.5. The molecular weight excluding hydrogens is 494 g/mol. The minimum Gasteiger partial charge on any atom is -0.462 e. The van der Waals surface area contributed by atoms with Gasteiger partial charge in [-0.2, -0.15) is 0 Å². The number of anilines is 1. The van der Waals surface area contributed by atoms with E-state index in [1.807, 2.05) is 13.8 Å². The number of carbonyl (C=O) groups excluding carboxylic acids is 5. The molecule has 3 rings (SSSR count). The zero-order valence-electron chi connectivity index (χ0n) is 20.9. The number of esters is 3. The minimum absolute atomic E-state index is 0.0442. The summed E-state index contributed by atoms with van der Waals surface area (Å²) in [6.45, 7) is 3.69. The third kappa shape index (κ3) is 8.74. The molecule has 10 heteroatoms. The summed E-state index contributed by atoms with van der Waals surface area (Å²) in [5.74, 6) is -2.23. The van der Waals surface area contributed by atoms with E-state index in [1.165, 1.54) is 48.7 Å². The van der Waals surface area contributed by atoms with Gasteiger partial charge in [-0.15, -0.1) is 0 Å². The van der Waals surface area contributed by atoms with Crippen LogP contribution in [-0.2, 0) is 19.1 Å². The Morgan fingerprint density at radius 1 is 0.816 bits per heavy atom. The Balaban J connectivity index is 1.37. The summed E-state index contributed by atoms with van der Waals surface area (Å²) in [7, 11) is 0. The number of Topliss-reactive ketones (excluding diaryl/α,β-unsaturated/α-hetero) is 1. The van der Waals surface area contributed by atoms with Crippen LogP contribution in [0.25, 0.3) is 0 Å². The lowest BCUT2D eigenvalue weighted by atomic mass is 10.1. The summed E-state index contributed by atoms with van der Waals surface area (Å²) in [6.07, 6.45) is 0.974. The van der Waals surface area contributed by atoms with E-state index < -0.39 is 36.2 Å². The topological polar surface area (TPSA) is 138 Å². The standard InChI is InChI=1S/C28H27NO9/c1-18(2)16-37-27(33)20-5-9-21(10-6-20)29-25(31)13-14-26(32)36-17-23(30)19-7-11-22(12-8-19)38-28(34)24-4-3-15-35-24/h3-12,15,18H,13-14,16-17H2,1-2H3,(H,29,31). The summed E-state index contributed by atoms with van der Waals surface area (Å²) in [5.41, 5.74) is 1.07. The number of benzene rings is 2. The summed E-state index contributed by atoms with van der Waals surface area (Å²) < 4.78 is 20.2. The zero-order valence-corrected chi connectivity index (χ0v) is 20.9. The fraction of sp³-hybridized carbons (Fsp3) is 0.250. The Bertz CT molecular complexity index is 1260. The number of hydrogen-bond donors (Lipinski definition) is 1. The molecule has 0 aliphatic rings. The van der Waals surface area contributed by atoms with Gasteiger partial charge in [0.1, 0.15) is 5.75 Å². The molecule has 0 saturated carbocycles. The molecule has 0 unspecified atom stereocenters.